The largest absolute Gasteiger partial charge is 0.480 e. The van der Waals surface area contributed by atoms with Crippen molar-refractivity contribution in [2.45, 2.75) is 19.1 Å². The molecular formula is C11H11ClF3NO2. The van der Waals surface area contributed by atoms with Gasteiger partial charge in [-0.1, -0.05) is 23.7 Å². The van der Waals surface area contributed by atoms with Crippen LogP contribution < -0.4 is 5.32 Å². The number of rotatable bonds is 4. The van der Waals surface area contributed by atoms with Gasteiger partial charge in [0, 0.05) is 5.02 Å². The molecule has 2 N–H and O–H groups in total. The molecule has 1 unspecified atom stereocenters. The molecule has 100 valence electrons. The number of hydrogen-bond donors (Lipinski definition) is 2. The highest BCUT2D eigenvalue weighted by atomic mass is 35.5. The van der Waals surface area contributed by atoms with Gasteiger partial charge in [-0.25, -0.2) is 0 Å². The van der Waals surface area contributed by atoms with Crippen LogP contribution in [-0.4, -0.2) is 23.8 Å². The molecule has 0 saturated heterocycles. The average Bonchev–Trinajstić information content (AvgIpc) is 2.21. The third-order valence-electron chi connectivity index (χ3n) is 2.28. The van der Waals surface area contributed by atoms with E-state index in [4.69, 9.17) is 16.7 Å². The van der Waals surface area contributed by atoms with Crippen LogP contribution in [0, 0.1) is 6.92 Å². The van der Waals surface area contributed by atoms with E-state index in [1.165, 1.54) is 12.1 Å². The Morgan fingerprint density at radius 2 is 2.11 bits per heavy atom. The molecule has 0 aliphatic heterocycles. The van der Waals surface area contributed by atoms with E-state index in [1.807, 2.05) is 5.32 Å². The molecule has 7 heteroatoms. The Labute approximate surface area is 107 Å². The average molecular weight is 282 g/mol. The summed E-state index contributed by atoms with van der Waals surface area (Å²) in [7, 11) is 0. The minimum atomic E-state index is -4.47. The first kappa shape index (κ1) is 14.8. The summed E-state index contributed by atoms with van der Waals surface area (Å²) in [6, 6.07) is 2.90. The summed E-state index contributed by atoms with van der Waals surface area (Å²) < 4.78 is 36.2. The summed E-state index contributed by atoms with van der Waals surface area (Å²) in [5, 5.41) is 11.2. The number of nitrogens with one attached hydrogen (secondary N) is 1. The van der Waals surface area contributed by atoms with Gasteiger partial charge in [0.1, 0.15) is 6.04 Å². The van der Waals surface area contributed by atoms with Crippen molar-refractivity contribution in [3.05, 3.63) is 34.3 Å². The zero-order valence-corrected chi connectivity index (χ0v) is 10.1. The van der Waals surface area contributed by atoms with Crippen LogP contribution in [0.5, 0.6) is 0 Å². The molecule has 1 rings (SSSR count). The van der Waals surface area contributed by atoms with Gasteiger partial charge in [0.05, 0.1) is 6.54 Å². The zero-order chi connectivity index (χ0) is 13.9. The van der Waals surface area contributed by atoms with Gasteiger partial charge in [-0.3, -0.25) is 10.1 Å². The predicted molar refractivity (Wildman–Crippen MR) is 60.6 cm³/mol. The third kappa shape index (κ3) is 4.19. The smallest absolute Gasteiger partial charge is 0.401 e. The Kier molecular flexibility index (Phi) is 4.59. The molecule has 0 radical (unpaired) electrons. The Balaban J connectivity index is 2.91. The first-order valence-electron chi connectivity index (χ1n) is 4.99. The van der Waals surface area contributed by atoms with E-state index in [1.54, 1.807) is 13.0 Å². The van der Waals surface area contributed by atoms with Crippen molar-refractivity contribution in [2.24, 2.45) is 0 Å². The van der Waals surface area contributed by atoms with Gasteiger partial charge in [-0.2, -0.15) is 13.2 Å². The van der Waals surface area contributed by atoms with Crippen LogP contribution >= 0.6 is 11.6 Å². The Morgan fingerprint density at radius 1 is 1.50 bits per heavy atom. The first-order valence-corrected chi connectivity index (χ1v) is 5.37. The van der Waals surface area contributed by atoms with E-state index in [0.29, 0.717) is 5.02 Å². The van der Waals surface area contributed by atoms with Gasteiger partial charge in [0.15, 0.2) is 0 Å². The lowest BCUT2D eigenvalue weighted by Crippen LogP contribution is -2.36. The number of aliphatic carboxylic acids is 1. The second-order valence-corrected chi connectivity index (χ2v) is 4.18. The molecule has 1 aromatic rings. The van der Waals surface area contributed by atoms with Crippen LogP contribution in [0.4, 0.5) is 13.2 Å². The molecule has 3 nitrogen and oxygen atoms in total. The Hall–Kier alpha value is -1.27. The van der Waals surface area contributed by atoms with Crippen molar-refractivity contribution < 1.29 is 23.1 Å². The fourth-order valence-electron chi connectivity index (χ4n) is 1.35. The number of aryl methyl sites for hydroxylation is 1. The lowest BCUT2D eigenvalue weighted by Gasteiger charge is -2.16. The van der Waals surface area contributed by atoms with Gasteiger partial charge in [-0.15, -0.1) is 0 Å². The van der Waals surface area contributed by atoms with E-state index in [0.717, 1.165) is 5.56 Å². The number of carboxylic acids is 1. The van der Waals surface area contributed by atoms with Crippen molar-refractivity contribution >= 4 is 17.6 Å². The number of halogens is 4. The van der Waals surface area contributed by atoms with Crippen molar-refractivity contribution in [1.29, 1.82) is 0 Å². The van der Waals surface area contributed by atoms with E-state index < -0.39 is 24.7 Å². The fourth-order valence-corrected chi connectivity index (χ4v) is 1.54. The number of alkyl halides is 3. The topological polar surface area (TPSA) is 49.3 Å². The molecule has 0 aromatic heterocycles. The molecule has 0 fully saturated rings. The van der Waals surface area contributed by atoms with Gasteiger partial charge in [-0.05, 0) is 24.1 Å². The maximum Gasteiger partial charge on any atom is 0.401 e. The summed E-state index contributed by atoms with van der Waals surface area (Å²) in [6.45, 7) is 0.334. The molecule has 1 atom stereocenters. The third-order valence-corrected chi connectivity index (χ3v) is 2.69. The number of benzene rings is 1. The molecule has 0 bridgehead atoms. The first-order chi connectivity index (χ1) is 8.20. The minimum absolute atomic E-state index is 0.183. The molecule has 0 saturated carbocycles. The Morgan fingerprint density at radius 3 is 2.56 bits per heavy atom. The van der Waals surface area contributed by atoms with Gasteiger partial charge < -0.3 is 5.11 Å². The number of carboxylic acid groups (broad SMARTS) is 1. The summed E-state index contributed by atoms with van der Waals surface area (Å²) in [6.07, 6.45) is -4.47. The monoisotopic (exact) mass is 281 g/mol. The molecule has 0 spiro atoms. The maximum atomic E-state index is 12.1. The number of hydrogen-bond acceptors (Lipinski definition) is 2. The predicted octanol–water partition coefficient (Wildman–Crippen LogP) is 2.93. The number of carbonyl (C=O) groups is 1. The van der Waals surface area contributed by atoms with Crippen LogP contribution in [0.15, 0.2) is 18.2 Å². The lowest BCUT2D eigenvalue weighted by molar-refractivity contribution is -0.143. The second kappa shape index (κ2) is 5.58. The van der Waals surface area contributed by atoms with E-state index in [2.05, 4.69) is 0 Å². The zero-order valence-electron chi connectivity index (χ0n) is 9.38. The van der Waals surface area contributed by atoms with Crippen molar-refractivity contribution in [3.8, 4) is 0 Å². The SMILES string of the molecule is Cc1ccc(C(NCC(F)(F)F)C(=O)O)cc1Cl. The normalized spacial score (nSPS) is 13.4. The fraction of sp³-hybridized carbons (Fsp3) is 0.364. The van der Waals surface area contributed by atoms with Crippen LogP contribution in [-0.2, 0) is 4.79 Å². The van der Waals surface area contributed by atoms with E-state index >= 15 is 0 Å². The Bertz CT molecular complexity index is 448. The highest BCUT2D eigenvalue weighted by Crippen LogP contribution is 2.23. The van der Waals surface area contributed by atoms with Crippen molar-refractivity contribution in [2.75, 3.05) is 6.54 Å². The van der Waals surface area contributed by atoms with Gasteiger partial charge >= 0.3 is 12.1 Å². The molecule has 0 heterocycles. The summed E-state index contributed by atoms with van der Waals surface area (Å²) in [4.78, 5) is 10.9. The quantitative estimate of drug-likeness (QED) is 0.892. The summed E-state index contributed by atoms with van der Waals surface area (Å²) >= 11 is 5.81. The van der Waals surface area contributed by atoms with Crippen LogP contribution in [0.25, 0.3) is 0 Å². The molecule has 0 aliphatic carbocycles. The molecular weight excluding hydrogens is 271 g/mol. The van der Waals surface area contributed by atoms with Crippen LogP contribution in [0.3, 0.4) is 0 Å². The molecule has 1 aromatic carbocycles. The summed E-state index contributed by atoms with van der Waals surface area (Å²) in [5.41, 5.74) is 0.905. The molecule has 18 heavy (non-hydrogen) atoms. The summed E-state index contributed by atoms with van der Waals surface area (Å²) in [5.74, 6) is -1.39. The molecule has 0 amide bonds. The maximum absolute atomic E-state index is 12.1. The van der Waals surface area contributed by atoms with Crippen molar-refractivity contribution in [3.63, 3.8) is 0 Å². The lowest BCUT2D eigenvalue weighted by atomic mass is 10.1. The van der Waals surface area contributed by atoms with Crippen molar-refractivity contribution in [1.82, 2.24) is 5.32 Å². The van der Waals surface area contributed by atoms with Gasteiger partial charge in [0.25, 0.3) is 0 Å². The second-order valence-electron chi connectivity index (χ2n) is 3.78. The van der Waals surface area contributed by atoms with Gasteiger partial charge in [0.2, 0.25) is 0 Å². The van der Waals surface area contributed by atoms with E-state index in [-0.39, 0.29) is 5.56 Å². The standard InChI is InChI=1S/C11H11ClF3NO2/c1-6-2-3-7(4-8(6)12)9(10(17)18)16-5-11(13,14)15/h2-4,9,16H,5H2,1H3,(H,17,18). The molecule has 0 aliphatic rings. The highest BCUT2D eigenvalue weighted by Gasteiger charge is 2.30. The minimum Gasteiger partial charge on any atom is -0.480 e. The highest BCUT2D eigenvalue weighted by molar-refractivity contribution is 6.31. The van der Waals surface area contributed by atoms with Crippen LogP contribution in [0.1, 0.15) is 17.2 Å². The van der Waals surface area contributed by atoms with E-state index in [9.17, 15) is 18.0 Å². The van der Waals surface area contributed by atoms with Crippen LogP contribution in [0.2, 0.25) is 5.02 Å².